The van der Waals surface area contributed by atoms with Gasteiger partial charge in [-0.3, -0.25) is 9.18 Å². The van der Waals surface area contributed by atoms with Gasteiger partial charge in [-0.15, -0.1) is 0 Å². The molecule has 1 atom stereocenters. The third kappa shape index (κ3) is 6.28. The molecule has 1 saturated carbocycles. The smallest absolute Gasteiger partial charge is 0.270 e. The van der Waals surface area contributed by atoms with Gasteiger partial charge in [0.05, 0.1) is 34.7 Å². The zero-order chi connectivity index (χ0) is 23.3. The zero-order valence-corrected chi connectivity index (χ0v) is 18.0. The minimum Gasteiger partial charge on any atom is -0.476 e. The van der Waals surface area contributed by atoms with Crippen LogP contribution in [0.3, 0.4) is 0 Å². The molecule has 2 heterocycles. The molecule has 168 valence electrons. The lowest BCUT2D eigenvalue weighted by Crippen LogP contribution is -2.52. The number of nitrogens with one attached hydrogen (secondary N) is 1. The van der Waals surface area contributed by atoms with Crippen LogP contribution in [0.4, 0.5) is 10.1 Å². The number of carbonyl (C=O) groups is 1. The molecule has 0 radical (unpaired) electrons. The van der Waals surface area contributed by atoms with Crippen LogP contribution in [0.1, 0.15) is 46.3 Å². The first-order chi connectivity index (χ1) is 15.2. The highest BCUT2D eigenvalue weighted by Gasteiger charge is 2.31. The van der Waals surface area contributed by atoms with Crippen LogP contribution in [-0.2, 0) is 9.47 Å². The molecule has 30 heavy (non-hydrogen) atoms. The first-order valence-corrected chi connectivity index (χ1v) is 10.7. The van der Waals surface area contributed by atoms with Gasteiger partial charge in [-0.1, -0.05) is 13.8 Å². The van der Waals surface area contributed by atoms with E-state index in [0.29, 0.717) is 18.4 Å². The summed E-state index contributed by atoms with van der Waals surface area (Å²) >= 11 is 0. The average molecular weight is 426 g/mol. The molecule has 1 aliphatic heterocycles. The van der Waals surface area contributed by atoms with Gasteiger partial charge in [-0.25, -0.2) is 4.98 Å². The van der Waals surface area contributed by atoms with E-state index in [-0.39, 0.29) is 49.3 Å². The molecule has 7 nitrogen and oxygen atoms in total. The van der Waals surface area contributed by atoms with Crippen molar-refractivity contribution < 1.29 is 26.1 Å². The summed E-state index contributed by atoms with van der Waals surface area (Å²) < 4.78 is 43.5. The fraction of sp³-hybridized carbons (Fsp3) is 0.727. The molecular weight excluding hydrogens is 389 g/mol. The lowest BCUT2D eigenvalue weighted by molar-refractivity contribution is 0.0750. The summed E-state index contributed by atoms with van der Waals surface area (Å²) in [6.45, 7) is 3.33. The van der Waals surface area contributed by atoms with Crippen LogP contribution in [0.5, 0.6) is 5.88 Å². The maximum atomic E-state index is 13.0. The van der Waals surface area contributed by atoms with Crippen molar-refractivity contribution in [3.05, 3.63) is 17.8 Å². The van der Waals surface area contributed by atoms with E-state index >= 15 is 0 Å². The van der Waals surface area contributed by atoms with E-state index in [1.54, 1.807) is 13.2 Å². The fourth-order valence-electron chi connectivity index (χ4n) is 3.14. The Morgan fingerprint density at radius 1 is 1.40 bits per heavy atom. The van der Waals surface area contributed by atoms with E-state index in [9.17, 15) is 9.18 Å². The minimum absolute atomic E-state index is 0.0625. The molecule has 1 N–H and O–H groups in total. The second kappa shape index (κ2) is 10.9. The summed E-state index contributed by atoms with van der Waals surface area (Å²) in [5.74, 6) is 0.747. The van der Waals surface area contributed by atoms with Crippen LogP contribution < -0.4 is 15.0 Å². The Kier molecular flexibility index (Phi) is 7.27. The van der Waals surface area contributed by atoms with Gasteiger partial charge in [0.2, 0.25) is 5.88 Å². The van der Waals surface area contributed by atoms with E-state index in [1.807, 2.05) is 19.9 Å². The van der Waals surface area contributed by atoms with Gasteiger partial charge in [0.15, 0.2) is 0 Å². The number of methoxy groups -OCH3 is 1. The van der Waals surface area contributed by atoms with Gasteiger partial charge < -0.3 is 24.4 Å². The highest BCUT2D eigenvalue weighted by molar-refractivity contribution is 5.93. The highest BCUT2D eigenvalue weighted by Crippen LogP contribution is 2.34. The predicted octanol–water partition coefficient (Wildman–Crippen LogP) is 2.84. The Morgan fingerprint density at radius 2 is 2.17 bits per heavy atom. The van der Waals surface area contributed by atoms with E-state index in [1.165, 1.54) is 0 Å². The number of ether oxygens (including phenoxy) is 3. The summed E-state index contributed by atoms with van der Waals surface area (Å²) in [6.07, 6.45) is 2.15. The first-order valence-electron chi connectivity index (χ1n) is 11.7. The Bertz CT molecular complexity index is 768. The Labute approximate surface area is 181 Å². The second-order valence-electron chi connectivity index (χ2n) is 8.32. The summed E-state index contributed by atoms with van der Waals surface area (Å²) in [6, 6.07) is 3.23. The summed E-state index contributed by atoms with van der Waals surface area (Å²) in [7, 11) is 1.70. The molecule has 1 aromatic heterocycles. The van der Waals surface area contributed by atoms with Crippen LogP contribution in [0.25, 0.3) is 0 Å². The molecule has 1 amide bonds. The fourth-order valence-corrected chi connectivity index (χ4v) is 3.14. The number of pyridine rings is 1. The van der Waals surface area contributed by atoms with Crippen molar-refractivity contribution in [1.82, 2.24) is 10.3 Å². The van der Waals surface area contributed by atoms with E-state index in [4.69, 9.17) is 17.0 Å². The van der Waals surface area contributed by atoms with Gasteiger partial charge in [-0.2, -0.15) is 0 Å². The second-order valence-corrected chi connectivity index (χ2v) is 8.32. The first kappa shape index (κ1) is 20.0. The van der Waals surface area contributed by atoms with Crippen molar-refractivity contribution in [2.45, 2.75) is 45.3 Å². The lowest BCUT2D eigenvalue weighted by atomic mass is 10.1. The molecule has 0 aromatic carbocycles. The monoisotopic (exact) mass is 425 g/mol. The van der Waals surface area contributed by atoms with Gasteiger partial charge in [0, 0.05) is 26.8 Å². The number of alkyl halides is 1. The third-order valence-electron chi connectivity index (χ3n) is 5.51. The van der Waals surface area contributed by atoms with Gasteiger partial charge in [0.1, 0.15) is 11.4 Å². The molecular formula is C22H34FN3O4. The largest absolute Gasteiger partial charge is 0.476 e. The van der Waals surface area contributed by atoms with Crippen LogP contribution in [0, 0.1) is 11.8 Å². The van der Waals surface area contributed by atoms with Gasteiger partial charge in [-0.05, 0) is 43.2 Å². The normalized spacial score (nSPS) is 19.2. The maximum absolute atomic E-state index is 13.0. The molecule has 2 fully saturated rings. The van der Waals surface area contributed by atoms with Crippen molar-refractivity contribution in [3.8, 4) is 5.88 Å². The number of anilines is 1. The molecule has 1 unspecified atom stereocenters. The SMILES string of the molecule is [2H]C([2H])(F)CCOCC(NC(=O)c1ccc(N2CC(OC)C2)c(OCC2CC2)n1)C(C)C. The number of hydrogen-bond donors (Lipinski definition) is 1. The van der Waals surface area contributed by atoms with Crippen molar-refractivity contribution in [3.63, 3.8) is 0 Å². The van der Waals surface area contributed by atoms with Crippen molar-refractivity contribution in [1.29, 1.82) is 0 Å². The number of rotatable bonds is 13. The Hall–Kier alpha value is -1.93. The molecule has 0 spiro atoms. The third-order valence-corrected chi connectivity index (χ3v) is 5.51. The topological polar surface area (TPSA) is 72.9 Å². The molecule has 0 bridgehead atoms. The predicted molar refractivity (Wildman–Crippen MR) is 113 cm³/mol. The standard InChI is InChI=1S/C22H34FN3O4/c1-15(2)19(14-29-10-4-9-23)24-21(27)18-7-8-20(26-11-17(12-26)28-3)22(25-18)30-13-16-5-6-16/h7-8,15-17,19H,4-6,9-14H2,1-3H3,(H,24,27)/i9D2. The number of carbonyl (C=O) groups excluding carboxylic acids is 1. The van der Waals surface area contributed by atoms with Crippen molar-refractivity contribution >= 4 is 11.6 Å². The Morgan fingerprint density at radius 3 is 2.80 bits per heavy atom. The maximum Gasteiger partial charge on any atom is 0.270 e. The average Bonchev–Trinajstić information content (AvgIpc) is 3.52. The number of amides is 1. The summed E-state index contributed by atoms with van der Waals surface area (Å²) in [5, 5.41) is 2.92. The number of halogens is 1. The van der Waals surface area contributed by atoms with Crippen molar-refractivity contribution in [2.75, 3.05) is 51.5 Å². The molecule has 1 saturated heterocycles. The quantitative estimate of drug-likeness (QED) is 0.490. The summed E-state index contributed by atoms with van der Waals surface area (Å²) in [4.78, 5) is 19.5. The summed E-state index contributed by atoms with van der Waals surface area (Å²) in [5.41, 5.74) is 1.12. The van der Waals surface area contributed by atoms with Crippen LogP contribution in [0.15, 0.2) is 12.1 Å². The lowest BCUT2D eigenvalue weighted by Gasteiger charge is -2.40. The number of hydrogen-bond acceptors (Lipinski definition) is 6. The zero-order valence-electron chi connectivity index (χ0n) is 20.0. The van der Waals surface area contributed by atoms with Gasteiger partial charge in [0.25, 0.3) is 5.91 Å². The molecule has 1 aromatic rings. The van der Waals surface area contributed by atoms with Crippen LogP contribution in [-0.4, -0.2) is 69.7 Å². The highest BCUT2D eigenvalue weighted by atomic mass is 19.1. The van der Waals surface area contributed by atoms with E-state index in [0.717, 1.165) is 31.6 Å². The van der Waals surface area contributed by atoms with E-state index < -0.39 is 6.63 Å². The molecule has 8 heteroatoms. The minimum atomic E-state index is -2.77. The Balaban J connectivity index is 1.62. The van der Waals surface area contributed by atoms with Crippen molar-refractivity contribution in [2.24, 2.45) is 11.8 Å². The molecule has 3 rings (SSSR count). The number of nitrogens with zero attached hydrogens (tertiary/aromatic N) is 2. The van der Waals surface area contributed by atoms with Crippen LogP contribution >= 0.6 is 0 Å². The number of aromatic nitrogens is 1. The molecule has 1 aliphatic carbocycles. The molecule has 2 aliphatic rings. The van der Waals surface area contributed by atoms with E-state index in [2.05, 4.69) is 15.2 Å². The van der Waals surface area contributed by atoms with Gasteiger partial charge >= 0.3 is 0 Å². The van der Waals surface area contributed by atoms with Crippen LogP contribution in [0.2, 0.25) is 0 Å².